The van der Waals surface area contributed by atoms with Gasteiger partial charge >= 0.3 is 0 Å². The second-order valence-electron chi connectivity index (χ2n) is 7.81. The number of anilines is 2. The van der Waals surface area contributed by atoms with Crippen molar-refractivity contribution in [3.8, 4) is 22.8 Å². The lowest BCUT2D eigenvalue weighted by Crippen LogP contribution is -2.10. The van der Waals surface area contributed by atoms with Gasteiger partial charge in [0.1, 0.15) is 22.7 Å². The third kappa shape index (κ3) is 3.93. The van der Waals surface area contributed by atoms with E-state index in [0.717, 1.165) is 10.2 Å². The SMILES string of the molecule is O=c1c(-c2ccc(F)cc2)c[nH]c2ccnc(Nc3ccc(Oc4ncnc5ccsc45)c(F)c3)c12. The summed E-state index contributed by atoms with van der Waals surface area (Å²) in [6, 6.07) is 13.5. The van der Waals surface area contributed by atoms with Crippen molar-refractivity contribution in [2.45, 2.75) is 0 Å². The molecule has 6 rings (SSSR count). The highest BCUT2D eigenvalue weighted by Crippen LogP contribution is 2.33. The number of benzene rings is 2. The van der Waals surface area contributed by atoms with Crippen LogP contribution < -0.4 is 15.5 Å². The molecule has 0 aliphatic rings. The maximum absolute atomic E-state index is 15.0. The van der Waals surface area contributed by atoms with Crippen LogP contribution in [0.4, 0.5) is 20.3 Å². The Labute approximate surface area is 206 Å². The fourth-order valence-electron chi connectivity index (χ4n) is 3.84. The molecule has 6 aromatic rings. The molecule has 2 aromatic carbocycles. The summed E-state index contributed by atoms with van der Waals surface area (Å²) in [5.74, 6) is -0.498. The lowest BCUT2D eigenvalue weighted by atomic mass is 10.0. The summed E-state index contributed by atoms with van der Waals surface area (Å²) in [5.41, 5.74) is 2.26. The Morgan fingerprint density at radius 1 is 0.972 bits per heavy atom. The monoisotopic (exact) mass is 499 g/mol. The van der Waals surface area contributed by atoms with Crippen LogP contribution in [0.15, 0.2) is 83.5 Å². The van der Waals surface area contributed by atoms with Crippen LogP contribution in [-0.2, 0) is 0 Å². The highest BCUT2D eigenvalue weighted by Gasteiger charge is 2.15. The standard InChI is InChI=1S/C26H15F2N5O2S/c27-15-3-1-14(2-4-15)17-12-30-19-7-9-29-25(22(19)23(17)34)33-16-5-6-21(18(28)11-16)35-26-24-20(8-10-36-24)31-13-32-26/h1-13H,(H,29,33)(H,30,34). The number of nitrogens with one attached hydrogen (secondary N) is 2. The highest BCUT2D eigenvalue weighted by molar-refractivity contribution is 7.17. The van der Waals surface area contributed by atoms with Crippen LogP contribution in [0, 0.1) is 11.6 Å². The number of nitrogens with zero attached hydrogens (tertiary/aromatic N) is 3. The molecular formula is C26H15F2N5O2S. The first-order chi connectivity index (χ1) is 17.6. The first-order valence-electron chi connectivity index (χ1n) is 10.8. The number of thiophene rings is 1. The van der Waals surface area contributed by atoms with E-state index >= 15 is 0 Å². The van der Waals surface area contributed by atoms with E-state index in [-0.39, 0.29) is 22.9 Å². The number of pyridine rings is 2. The molecule has 0 atom stereocenters. The Kier molecular flexibility index (Phi) is 5.34. The van der Waals surface area contributed by atoms with Crippen LogP contribution in [0.2, 0.25) is 0 Å². The Balaban J connectivity index is 1.34. The van der Waals surface area contributed by atoms with Gasteiger partial charge in [0, 0.05) is 29.7 Å². The van der Waals surface area contributed by atoms with E-state index in [4.69, 9.17) is 4.74 Å². The maximum atomic E-state index is 15.0. The predicted molar refractivity (Wildman–Crippen MR) is 135 cm³/mol. The van der Waals surface area contributed by atoms with Crippen molar-refractivity contribution >= 4 is 44.0 Å². The van der Waals surface area contributed by atoms with Crippen molar-refractivity contribution in [2.24, 2.45) is 0 Å². The minimum absolute atomic E-state index is 0.00345. The summed E-state index contributed by atoms with van der Waals surface area (Å²) in [5, 5.41) is 5.17. The summed E-state index contributed by atoms with van der Waals surface area (Å²) in [6.07, 6.45) is 4.47. The van der Waals surface area contributed by atoms with E-state index in [0.29, 0.717) is 27.7 Å². The van der Waals surface area contributed by atoms with Gasteiger partial charge in [-0.05, 0) is 47.3 Å². The molecule has 0 spiro atoms. The average Bonchev–Trinajstić information content (AvgIpc) is 3.37. The van der Waals surface area contributed by atoms with Crippen LogP contribution in [0.5, 0.6) is 11.6 Å². The number of hydrogen-bond acceptors (Lipinski definition) is 7. The topological polar surface area (TPSA) is 92.8 Å². The third-order valence-electron chi connectivity index (χ3n) is 5.56. The molecule has 0 aliphatic carbocycles. The molecule has 4 heterocycles. The predicted octanol–water partition coefficient (Wildman–Crippen LogP) is 6.41. The summed E-state index contributed by atoms with van der Waals surface area (Å²) in [7, 11) is 0. The summed E-state index contributed by atoms with van der Waals surface area (Å²) >= 11 is 1.40. The zero-order valence-corrected chi connectivity index (χ0v) is 19.1. The third-order valence-corrected chi connectivity index (χ3v) is 6.45. The number of halogens is 2. The van der Waals surface area contributed by atoms with Crippen LogP contribution in [0.3, 0.4) is 0 Å². The molecule has 0 unspecified atom stereocenters. The Hall–Kier alpha value is -4.70. The zero-order chi connectivity index (χ0) is 24.6. The van der Waals surface area contributed by atoms with Gasteiger partial charge < -0.3 is 15.0 Å². The molecule has 36 heavy (non-hydrogen) atoms. The number of fused-ring (bicyclic) bond motifs is 2. The van der Waals surface area contributed by atoms with Gasteiger partial charge in [-0.15, -0.1) is 11.3 Å². The summed E-state index contributed by atoms with van der Waals surface area (Å²) in [6.45, 7) is 0. The molecule has 0 fully saturated rings. The Morgan fingerprint density at radius 2 is 1.83 bits per heavy atom. The normalized spacial score (nSPS) is 11.2. The van der Waals surface area contributed by atoms with E-state index in [1.165, 1.54) is 60.3 Å². The lowest BCUT2D eigenvalue weighted by Gasteiger charge is -2.11. The maximum Gasteiger partial charge on any atom is 0.240 e. The second-order valence-corrected chi connectivity index (χ2v) is 8.72. The zero-order valence-electron chi connectivity index (χ0n) is 18.3. The molecule has 10 heteroatoms. The molecule has 0 aliphatic heterocycles. The smallest absolute Gasteiger partial charge is 0.240 e. The number of ether oxygens (including phenoxy) is 1. The first kappa shape index (κ1) is 21.8. The van der Waals surface area contributed by atoms with E-state index in [1.807, 2.05) is 11.4 Å². The fourth-order valence-corrected chi connectivity index (χ4v) is 4.61. The molecule has 2 N–H and O–H groups in total. The minimum atomic E-state index is -0.621. The summed E-state index contributed by atoms with van der Waals surface area (Å²) < 4.78 is 34.7. The van der Waals surface area contributed by atoms with E-state index in [1.54, 1.807) is 18.3 Å². The van der Waals surface area contributed by atoms with Gasteiger partial charge in [-0.2, -0.15) is 0 Å². The van der Waals surface area contributed by atoms with Gasteiger partial charge in [-0.3, -0.25) is 4.79 Å². The molecule has 4 aromatic heterocycles. The van der Waals surface area contributed by atoms with Gasteiger partial charge in [0.05, 0.1) is 16.4 Å². The van der Waals surface area contributed by atoms with Crippen molar-refractivity contribution in [3.05, 3.63) is 101 Å². The average molecular weight is 500 g/mol. The van der Waals surface area contributed by atoms with Gasteiger partial charge in [0.2, 0.25) is 11.3 Å². The van der Waals surface area contributed by atoms with Crippen molar-refractivity contribution < 1.29 is 13.5 Å². The van der Waals surface area contributed by atoms with Crippen molar-refractivity contribution in [1.29, 1.82) is 0 Å². The van der Waals surface area contributed by atoms with Crippen molar-refractivity contribution in [3.63, 3.8) is 0 Å². The van der Waals surface area contributed by atoms with E-state index in [2.05, 4.69) is 25.3 Å². The number of hydrogen-bond donors (Lipinski definition) is 2. The Bertz CT molecular complexity index is 1800. The molecule has 0 radical (unpaired) electrons. The molecule has 0 saturated carbocycles. The highest BCUT2D eigenvalue weighted by atomic mass is 32.1. The van der Waals surface area contributed by atoms with Gasteiger partial charge in [-0.25, -0.2) is 23.7 Å². The van der Waals surface area contributed by atoms with Crippen molar-refractivity contribution in [2.75, 3.05) is 5.32 Å². The molecular weight excluding hydrogens is 484 g/mol. The molecule has 7 nitrogen and oxygen atoms in total. The number of aromatic amines is 1. The Morgan fingerprint density at radius 3 is 2.67 bits per heavy atom. The fraction of sp³-hybridized carbons (Fsp3) is 0. The van der Waals surface area contributed by atoms with Gasteiger partial charge in [0.25, 0.3) is 0 Å². The van der Waals surface area contributed by atoms with E-state index < -0.39 is 11.6 Å². The molecule has 176 valence electrons. The quantitative estimate of drug-likeness (QED) is 0.285. The van der Waals surface area contributed by atoms with Crippen LogP contribution in [0.1, 0.15) is 0 Å². The van der Waals surface area contributed by atoms with Gasteiger partial charge in [0.15, 0.2) is 11.6 Å². The van der Waals surface area contributed by atoms with Crippen LogP contribution >= 0.6 is 11.3 Å². The second kappa shape index (κ2) is 8.82. The van der Waals surface area contributed by atoms with E-state index in [9.17, 15) is 13.6 Å². The number of aromatic nitrogens is 4. The largest absolute Gasteiger partial charge is 0.434 e. The molecule has 0 amide bonds. The van der Waals surface area contributed by atoms with Crippen molar-refractivity contribution in [1.82, 2.24) is 19.9 Å². The van der Waals surface area contributed by atoms with Crippen LogP contribution in [0.25, 0.3) is 32.2 Å². The molecule has 0 saturated heterocycles. The molecule has 0 bridgehead atoms. The van der Waals surface area contributed by atoms with Crippen LogP contribution in [-0.4, -0.2) is 19.9 Å². The summed E-state index contributed by atoms with van der Waals surface area (Å²) in [4.78, 5) is 29.0. The minimum Gasteiger partial charge on any atom is -0.434 e. The first-order valence-corrected chi connectivity index (χ1v) is 11.6. The number of H-pyrrole nitrogens is 1. The number of rotatable bonds is 5. The lowest BCUT2D eigenvalue weighted by molar-refractivity contribution is 0.432. The van der Waals surface area contributed by atoms with Gasteiger partial charge in [-0.1, -0.05) is 12.1 Å².